The minimum atomic E-state index is -0.540. The normalized spacial score (nSPS) is 15.5. The second-order valence-electron chi connectivity index (χ2n) is 6.66. The Bertz CT molecular complexity index is 952. The van der Waals surface area contributed by atoms with Gasteiger partial charge in [0.15, 0.2) is 0 Å². The predicted octanol–water partition coefficient (Wildman–Crippen LogP) is -0.277. The Hall–Kier alpha value is -2.91. The average molecular weight is 362 g/mol. The van der Waals surface area contributed by atoms with Gasteiger partial charge in [0.1, 0.15) is 6.10 Å². The monoisotopic (exact) mass is 362 g/mol. The molecule has 1 aliphatic heterocycles. The topological polar surface area (TPSA) is 126 Å². The first-order valence-electron chi connectivity index (χ1n) is 8.54. The van der Waals surface area contributed by atoms with Crippen molar-refractivity contribution in [2.75, 3.05) is 18.0 Å². The van der Waals surface area contributed by atoms with Crippen molar-refractivity contribution in [1.29, 1.82) is 0 Å². The third-order valence-electron chi connectivity index (χ3n) is 4.42. The summed E-state index contributed by atoms with van der Waals surface area (Å²) in [6.45, 7) is 5.01. The fourth-order valence-electron chi connectivity index (χ4n) is 2.92. The van der Waals surface area contributed by atoms with Crippen LogP contribution >= 0.6 is 0 Å². The predicted molar refractivity (Wildman–Crippen MR) is 94.9 cm³/mol. The van der Waals surface area contributed by atoms with Crippen molar-refractivity contribution in [3.8, 4) is 5.88 Å². The van der Waals surface area contributed by atoms with Crippen LogP contribution in [0.25, 0.3) is 0 Å². The van der Waals surface area contributed by atoms with Crippen LogP contribution < -0.4 is 26.4 Å². The smallest absolute Gasteiger partial charge is 0.344 e. The van der Waals surface area contributed by atoms with Gasteiger partial charge in [0.05, 0.1) is 0 Å². The zero-order valence-corrected chi connectivity index (χ0v) is 15.0. The molecule has 26 heavy (non-hydrogen) atoms. The summed E-state index contributed by atoms with van der Waals surface area (Å²) >= 11 is 0. The van der Waals surface area contributed by atoms with Crippen molar-refractivity contribution < 1.29 is 4.74 Å². The van der Waals surface area contributed by atoms with Gasteiger partial charge < -0.3 is 9.64 Å². The maximum Gasteiger partial charge on any atom is 0.344 e. The van der Waals surface area contributed by atoms with E-state index in [0.29, 0.717) is 37.4 Å². The minimum absolute atomic E-state index is 0.0729. The van der Waals surface area contributed by atoms with Gasteiger partial charge in [-0.25, -0.2) is 14.6 Å². The Balaban J connectivity index is 1.67. The van der Waals surface area contributed by atoms with Gasteiger partial charge in [-0.3, -0.25) is 14.6 Å². The molecule has 0 atom stereocenters. The van der Waals surface area contributed by atoms with Crippen LogP contribution in [0.15, 0.2) is 20.4 Å². The summed E-state index contributed by atoms with van der Waals surface area (Å²) in [6.07, 6.45) is 1.26. The number of ether oxygens (including phenoxy) is 1. The molecule has 1 fully saturated rings. The van der Waals surface area contributed by atoms with E-state index < -0.39 is 11.2 Å². The van der Waals surface area contributed by atoms with Crippen molar-refractivity contribution in [3.63, 3.8) is 0 Å². The molecule has 0 saturated carbocycles. The molecule has 3 heterocycles. The fraction of sp³-hybridized carbons (Fsp3) is 0.562. The van der Waals surface area contributed by atoms with E-state index in [9.17, 15) is 14.4 Å². The van der Waals surface area contributed by atoms with Gasteiger partial charge >= 0.3 is 5.69 Å². The molecule has 2 aromatic heterocycles. The molecule has 1 aliphatic rings. The molecular weight excluding hydrogens is 340 g/mol. The van der Waals surface area contributed by atoms with Crippen LogP contribution in [-0.4, -0.2) is 44.2 Å². The summed E-state index contributed by atoms with van der Waals surface area (Å²) in [5.41, 5.74) is -0.603. The van der Waals surface area contributed by atoms with Crippen LogP contribution in [0.3, 0.4) is 0 Å². The number of hydrogen-bond acceptors (Lipinski definition) is 7. The molecule has 2 aromatic rings. The van der Waals surface area contributed by atoms with Gasteiger partial charge in [0.2, 0.25) is 11.7 Å². The second kappa shape index (κ2) is 7.14. The minimum Gasteiger partial charge on any atom is -0.473 e. The van der Waals surface area contributed by atoms with Gasteiger partial charge in [0.25, 0.3) is 11.1 Å². The van der Waals surface area contributed by atoms with Crippen LogP contribution in [-0.2, 0) is 7.05 Å². The van der Waals surface area contributed by atoms with Gasteiger partial charge in [-0.15, -0.1) is 10.2 Å². The van der Waals surface area contributed by atoms with Crippen LogP contribution in [0.5, 0.6) is 5.88 Å². The van der Waals surface area contributed by atoms with Crippen molar-refractivity contribution >= 4 is 5.82 Å². The number of aromatic nitrogens is 5. The van der Waals surface area contributed by atoms with E-state index in [2.05, 4.69) is 20.3 Å². The Kier molecular flexibility index (Phi) is 4.92. The highest BCUT2D eigenvalue weighted by atomic mass is 16.5. The average Bonchev–Trinajstić information content (AvgIpc) is 2.60. The summed E-state index contributed by atoms with van der Waals surface area (Å²) in [5, 5.41) is 10.5. The van der Waals surface area contributed by atoms with Gasteiger partial charge in [-0.05, 0) is 5.92 Å². The quantitative estimate of drug-likeness (QED) is 0.766. The first-order chi connectivity index (χ1) is 12.3. The third-order valence-corrected chi connectivity index (χ3v) is 4.42. The molecule has 0 unspecified atom stereocenters. The zero-order valence-electron chi connectivity index (χ0n) is 15.0. The number of H-pyrrole nitrogens is 2. The lowest BCUT2D eigenvalue weighted by atomic mass is 10.1. The molecule has 0 aliphatic carbocycles. The van der Waals surface area contributed by atoms with Crippen molar-refractivity contribution in [2.24, 2.45) is 7.05 Å². The van der Waals surface area contributed by atoms with Crippen molar-refractivity contribution in [3.05, 3.63) is 42.8 Å². The highest BCUT2D eigenvalue weighted by Gasteiger charge is 2.24. The summed E-state index contributed by atoms with van der Waals surface area (Å²) in [6, 6.07) is 1.68. The molecule has 0 radical (unpaired) electrons. The van der Waals surface area contributed by atoms with Crippen LogP contribution in [0.4, 0.5) is 5.82 Å². The Labute approximate surface area is 148 Å². The molecular formula is C16H22N6O4. The zero-order chi connectivity index (χ0) is 18.8. The van der Waals surface area contributed by atoms with E-state index in [-0.39, 0.29) is 23.4 Å². The van der Waals surface area contributed by atoms with Crippen LogP contribution in [0.2, 0.25) is 0 Å². The van der Waals surface area contributed by atoms with E-state index in [1.165, 1.54) is 7.05 Å². The fourth-order valence-corrected chi connectivity index (χ4v) is 2.92. The largest absolute Gasteiger partial charge is 0.473 e. The molecule has 140 valence electrons. The molecule has 0 bridgehead atoms. The number of nitrogens with one attached hydrogen (secondary N) is 2. The van der Waals surface area contributed by atoms with Crippen LogP contribution in [0, 0.1) is 0 Å². The van der Waals surface area contributed by atoms with E-state index in [4.69, 9.17) is 4.74 Å². The van der Waals surface area contributed by atoms with E-state index >= 15 is 0 Å². The number of piperidine rings is 1. The molecule has 0 spiro atoms. The Morgan fingerprint density at radius 1 is 1.19 bits per heavy atom. The van der Waals surface area contributed by atoms with Gasteiger partial charge in [-0.1, -0.05) is 13.8 Å². The number of aryl methyl sites for hydroxylation is 1. The lowest BCUT2D eigenvalue weighted by molar-refractivity contribution is 0.161. The molecule has 3 rings (SSSR count). The summed E-state index contributed by atoms with van der Waals surface area (Å²) in [7, 11) is 1.49. The second-order valence-corrected chi connectivity index (χ2v) is 6.66. The first-order valence-corrected chi connectivity index (χ1v) is 8.54. The number of hydrogen-bond donors (Lipinski definition) is 2. The Morgan fingerprint density at radius 2 is 1.88 bits per heavy atom. The number of aromatic amines is 2. The maximum absolute atomic E-state index is 11.9. The van der Waals surface area contributed by atoms with E-state index in [1.54, 1.807) is 6.07 Å². The highest BCUT2D eigenvalue weighted by molar-refractivity contribution is 5.34. The van der Waals surface area contributed by atoms with Crippen molar-refractivity contribution in [2.45, 2.75) is 38.7 Å². The number of anilines is 1. The molecule has 1 saturated heterocycles. The number of rotatable bonds is 4. The first kappa shape index (κ1) is 17.9. The number of nitrogens with zero attached hydrogens (tertiary/aromatic N) is 4. The Morgan fingerprint density at radius 3 is 2.54 bits per heavy atom. The molecule has 2 N–H and O–H groups in total. The van der Waals surface area contributed by atoms with Gasteiger partial charge in [-0.2, -0.15) is 0 Å². The maximum atomic E-state index is 11.9. The highest BCUT2D eigenvalue weighted by Crippen LogP contribution is 2.20. The molecule has 10 heteroatoms. The van der Waals surface area contributed by atoms with E-state index in [1.807, 2.05) is 18.7 Å². The summed E-state index contributed by atoms with van der Waals surface area (Å²) in [5.74, 6) is 0.702. The third kappa shape index (κ3) is 3.68. The standard InChI is InChI=1S/C16H22N6O4/c1-9(2)11-8-12(18-19-14(11)23)26-10-4-6-22(7-5-10)13-15(24)17-16(25)21(3)20-13/h8-10H,4-7H2,1-3H3,(H,19,23)(H,17,24,25). The summed E-state index contributed by atoms with van der Waals surface area (Å²) < 4.78 is 7.00. The van der Waals surface area contributed by atoms with Crippen molar-refractivity contribution in [1.82, 2.24) is 25.0 Å². The molecule has 0 aromatic carbocycles. The lowest BCUT2D eigenvalue weighted by Gasteiger charge is -2.32. The van der Waals surface area contributed by atoms with E-state index in [0.717, 1.165) is 4.68 Å². The SMILES string of the molecule is CC(C)c1cc(OC2CCN(c3nn(C)c(=O)[nH]c3=O)CC2)n[nH]c1=O. The molecule has 10 nitrogen and oxygen atoms in total. The lowest BCUT2D eigenvalue weighted by Crippen LogP contribution is -2.43. The van der Waals surface area contributed by atoms with Gasteiger partial charge in [0, 0.05) is 44.6 Å². The molecule has 0 amide bonds. The summed E-state index contributed by atoms with van der Waals surface area (Å²) in [4.78, 5) is 39.2. The van der Waals surface area contributed by atoms with Crippen LogP contribution in [0.1, 0.15) is 38.2 Å².